The maximum atomic E-state index is 12.7. The number of hydrogen-bond acceptors (Lipinski definition) is 4. The standard InChI is InChI=1S/C19H20BrClN4O2/c1-13(23-18(26)15-4-2-3-5-16(15)21)19(27)25-10-8-24(9-11-25)17-7-6-14(20)12-22-17/h2-7,12-13H,8-11H2,1H3,(H,23,26). The summed E-state index contributed by atoms with van der Waals surface area (Å²) in [5.41, 5.74) is 0.366. The Bertz CT molecular complexity index is 823. The summed E-state index contributed by atoms with van der Waals surface area (Å²) in [5.74, 6) is 0.448. The lowest BCUT2D eigenvalue weighted by Gasteiger charge is -2.36. The van der Waals surface area contributed by atoms with Gasteiger partial charge in [-0.3, -0.25) is 9.59 Å². The number of amides is 2. The minimum atomic E-state index is -0.619. The first kappa shape index (κ1) is 19.6. The maximum Gasteiger partial charge on any atom is 0.253 e. The fourth-order valence-electron chi connectivity index (χ4n) is 2.97. The van der Waals surface area contributed by atoms with Crippen LogP contribution in [0.3, 0.4) is 0 Å². The van der Waals surface area contributed by atoms with Crippen molar-refractivity contribution in [2.75, 3.05) is 31.1 Å². The number of aromatic nitrogens is 1. The maximum absolute atomic E-state index is 12.7. The van der Waals surface area contributed by atoms with E-state index in [2.05, 4.69) is 31.1 Å². The smallest absolute Gasteiger partial charge is 0.253 e. The molecule has 142 valence electrons. The van der Waals surface area contributed by atoms with Crippen molar-refractivity contribution in [1.29, 1.82) is 0 Å². The number of halogens is 2. The second-order valence-corrected chi connectivity index (χ2v) is 7.64. The summed E-state index contributed by atoms with van der Waals surface area (Å²) in [5, 5.41) is 3.10. The molecule has 0 spiro atoms. The van der Waals surface area contributed by atoms with Crippen molar-refractivity contribution in [2.24, 2.45) is 0 Å². The van der Waals surface area contributed by atoms with Crippen LogP contribution >= 0.6 is 27.5 Å². The number of carbonyl (C=O) groups excluding carboxylic acids is 2. The molecule has 2 aromatic rings. The van der Waals surface area contributed by atoms with Gasteiger partial charge < -0.3 is 15.1 Å². The molecule has 1 N–H and O–H groups in total. The molecule has 1 saturated heterocycles. The number of nitrogens with one attached hydrogen (secondary N) is 1. The Labute approximate surface area is 171 Å². The lowest BCUT2D eigenvalue weighted by atomic mass is 10.2. The Morgan fingerprint density at radius 1 is 1.15 bits per heavy atom. The van der Waals surface area contributed by atoms with Gasteiger partial charge >= 0.3 is 0 Å². The third kappa shape index (κ3) is 4.78. The Balaban J connectivity index is 1.54. The van der Waals surface area contributed by atoms with Gasteiger partial charge in [-0.2, -0.15) is 0 Å². The van der Waals surface area contributed by atoms with Crippen molar-refractivity contribution in [3.63, 3.8) is 0 Å². The molecule has 6 nitrogen and oxygen atoms in total. The number of rotatable bonds is 4. The number of piperazine rings is 1. The third-order valence-corrected chi connectivity index (χ3v) is 5.26. The van der Waals surface area contributed by atoms with E-state index in [0.29, 0.717) is 36.8 Å². The van der Waals surface area contributed by atoms with E-state index in [-0.39, 0.29) is 11.8 Å². The van der Waals surface area contributed by atoms with Crippen molar-refractivity contribution >= 4 is 45.2 Å². The van der Waals surface area contributed by atoms with Crippen LogP contribution in [0.5, 0.6) is 0 Å². The SMILES string of the molecule is CC(NC(=O)c1ccccc1Cl)C(=O)N1CCN(c2ccc(Br)cn2)CC1. The van der Waals surface area contributed by atoms with Gasteiger partial charge in [0.05, 0.1) is 10.6 Å². The van der Waals surface area contributed by atoms with Crippen molar-refractivity contribution < 1.29 is 9.59 Å². The molecule has 1 atom stereocenters. The largest absolute Gasteiger partial charge is 0.353 e. The first-order chi connectivity index (χ1) is 13.0. The highest BCUT2D eigenvalue weighted by atomic mass is 79.9. The second-order valence-electron chi connectivity index (χ2n) is 6.32. The number of anilines is 1. The van der Waals surface area contributed by atoms with Crippen LogP contribution in [0.15, 0.2) is 47.1 Å². The molecule has 0 radical (unpaired) electrons. The van der Waals surface area contributed by atoms with Crippen LogP contribution in [0.1, 0.15) is 17.3 Å². The topological polar surface area (TPSA) is 65.5 Å². The van der Waals surface area contributed by atoms with Gasteiger partial charge in [0.1, 0.15) is 11.9 Å². The van der Waals surface area contributed by atoms with E-state index in [1.54, 1.807) is 42.3 Å². The van der Waals surface area contributed by atoms with Crippen LogP contribution in [0.25, 0.3) is 0 Å². The number of nitrogens with zero attached hydrogens (tertiary/aromatic N) is 3. The van der Waals surface area contributed by atoms with Crippen molar-refractivity contribution in [1.82, 2.24) is 15.2 Å². The molecule has 1 aromatic heterocycles. The molecular weight excluding hydrogens is 432 g/mol. The van der Waals surface area contributed by atoms with Crippen LogP contribution in [0.2, 0.25) is 5.02 Å². The fraction of sp³-hybridized carbons (Fsp3) is 0.316. The first-order valence-corrected chi connectivity index (χ1v) is 9.83. The van der Waals surface area contributed by atoms with Crippen LogP contribution in [-0.4, -0.2) is 53.9 Å². The summed E-state index contributed by atoms with van der Waals surface area (Å²) >= 11 is 9.42. The number of hydrogen-bond donors (Lipinski definition) is 1. The van der Waals surface area contributed by atoms with Crippen LogP contribution in [0.4, 0.5) is 5.82 Å². The molecule has 1 unspecified atom stereocenters. The van der Waals surface area contributed by atoms with Crippen molar-refractivity contribution in [3.8, 4) is 0 Å². The fourth-order valence-corrected chi connectivity index (χ4v) is 3.42. The molecule has 0 aliphatic carbocycles. The van der Waals surface area contributed by atoms with Gasteiger partial charge in [0.15, 0.2) is 0 Å². The van der Waals surface area contributed by atoms with Gasteiger partial charge in [0.25, 0.3) is 5.91 Å². The lowest BCUT2D eigenvalue weighted by molar-refractivity contribution is -0.133. The van der Waals surface area contributed by atoms with E-state index >= 15 is 0 Å². The summed E-state index contributed by atoms with van der Waals surface area (Å²) in [6.07, 6.45) is 1.76. The molecule has 3 rings (SSSR count). The zero-order chi connectivity index (χ0) is 19.4. The summed E-state index contributed by atoms with van der Waals surface area (Å²) in [6.45, 7) is 4.27. The summed E-state index contributed by atoms with van der Waals surface area (Å²) in [4.78, 5) is 33.3. The van der Waals surface area contributed by atoms with Gasteiger partial charge in [-0.1, -0.05) is 23.7 Å². The number of carbonyl (C=O) groups is 2. The minimum absolute atomic E-state index is 0.0983. The molecule has 2 heterocycles. The molecule has 0 saturated carbocycles. The summed E-state index contributed by atoms with van der Waals surface area (Å²) in [6, 6.07) is 10.1. The van der Waals surface area contributed by atoms with Gasteiger partial charge in [0, 0.05) is 36.8 Å². The van der Waals surface area contributed by atoms with Gasteiger partial charge in [0.2, 0.25) is 5.91 Å². The molecule has 1 fully saturated rings. The zero-order valence-electron chi connectivity index (χ0n) is 14.9. The number of benzene rings is 1. The van der Waals surface area contributed by atoms with Crippen LogP contribution in [0, 0.1) is 0 Å². The van der Waals surface area contributed by atoms with Gasteiger partial charge in [-0.15, -0.1) is 0 Å². The Kier molecular flexibility index (Phi) is 6.34. The molecule has 0 bridgehead atoms. The highest BCUT2D eigenvalue weighted by Crippen LogP contribution is 2.17. The zero-order valence-corrected chi connectivity index (χ0v) is 17.2. The molecule has 1 aromatic carbocycles. The average molecular weight is 452 g/mol. The molecule has 1 aliphatic heterocycles. The van der Waals surface area contributed by atoms with Crippen molar-refractivity contribution in [2.45, 2.75) is 13.0 Å². The molecule has 1 aliphatic rings. The van der Waals surface area contributed by atoms with Crippen molar-refractivity contribution in [3.05, 3.63) is 57.7 Å². The lowest BCUT2D eigenvalue weighted by Crippen LogP contribution is -2.54. The normalized spacial score (nSPS) is 15.4. The van der Waals surface area contributed by atoms with Gasteiger partial charge in [-0.25, -0.2) is 4.98 Å². The molecule has 2 amide bonds. The Morgan fingerprint density at radius 3 is 2.48 bits per heavy atom. The predicted molar refractivity (Wildman–Crippen MR) is 109 cm³/mol. The van der Waals surface area contributed by atoms with E-state index in [4.69, 9.17) is 11.6 Å². The van der Waals surface area contributed by atoms with Crippen LogP contribution < -0.4 is 10.2 Å². The molecule has 27 heavy (non-hydrogen) atoms. The minimum Gasteiger partial charge on any atom is -0.353 e. The summed E-state index contributed by atoms with van der Waals surface area (Å²) in [7, 11) is 0. The second kappa shape index (κ2) is 8.71. The van der Waals surface area contributed by atoms with E-state index in [0.717, 1.165) is 10.3 Å². The monoisotopic (exact) mass is 450 g/mol. The first-order valence-electron chi connectivity index (χ1n) is 8.66. The quantitative estimate of drug-likeness (QED) is 0.776. The highest BCUT2D eigenvalue weighted by Gasteiger charge is 2.26. The number of pyridine rings is 1. The molecular formula is C19H20BrClN4O2. The van der Waals surface area contributed by atoms with Gasteiger partial charge in [-0.05, 0) is 47.1 Å². The van der Waals surface area contributed by atoms with E-state index in [1.165, 1.54) is 0 Å². The summed E-state index contributed by atoms with van der Waals surface area (Å²) < 4.78 is 0.933. The Hall–Kier alpha value is -2.12. The van der Waals surface area contributed by atoms with Crippen LogP contribution in [-0.2, 0) is 4.79 Å². The highest BCUT2D eigenvalue weighted by molar-refractivity contribution is 9.10. The predicted octanol–water partition coefficient (Wildman–Crippen LogP) is 2.96. The van der Waals surface area contributed by atoms with E-state index < -0.39 is 6.04 Å². The van der Waals surface area contributed by atoms with E-state index in [1.807, 2.05) is 12.1 Å². The Morgan fingerprint density at radius 2 is 1.85 bits per heavy atom. The van der Waals surface area contributed by atoms with E-state index in [9.17, 15) is 9.59 Å². The molecule has 8 heteroatoms. The average Bonchev–Trinajstić information content (AvgIpc) is 2.68. The third-order valence-electron chi connectivity index (χ3n) is 4.46.